The molecular formula is C17H17NO4S. The molecule has 6 heteroatoms. The van der Waals surface area contributed by atoms with E-state index in [2.05, 4.69) is 19.1 Å². The third-order valence-electron chi connectivity index (χ3n) is 3.17. The van der Waals surface area contributed by atoms with E-state index < -0.39 is 10.1 Å². The number of hydrogen-bond acceptors (Lipinski definition) is 4. The fraction of sp³-hybridized carbons (Fsp3) is 0.0588. The van der Waals surface area contributed by atoms with E-state index >= 15 is 0 Å². The summed E-state index contributed by atoms with van der Waals surface area (Å²) < 4.78 is 30.7. The summed E-state index contributed by atoms with van der Waals surface area (Å²) in [6, 6.07) is 17.2. The minimum atomic E-state index is -4.33. The quantitative estimate of drug-likeness (QED) is 0.469. The second kappa shape index (κ2) is 6.68. The average Bonchev–Trinajstić information content (AvgIpc) is 2.47. The first-order valence-corrected chi connectivity index (χ1v) is 8.23. The number of nitrogen functional groups attached to an aromatic ring is 1. The van der Waals surface area contributed by atoms with Gasteiger partial charge in [0.05, 0.1) is 4.90 Å². The molecule has 3 aromatic rings. The summed E-state index contributed by atoms with van der Waals surface area (Å²) in [6.07, 6.45) is 0. The first-order valence-electron chi connectivity index (χ1n) is 6.79. The van der Waals surface area contributed by atoms with Gasteiger partial charge >= 0.3 is 0 Å². The fourth-order valence-corrected chi connectivity index (χ4v) is 2.56. The predicted octanol–water partition coefficient (Wildman–Crippen LogP) is 3.37. The Labute approximate surface area is 134 Å². The second-order valence-electron chi connectivity index (χ2n) is 5.05. The number of aryl methyl sites for hydroxylation is 1. The van der Waals surface area contributed by atoms with E-state index in [1.807, 2.05) is 18.2 Å². The minimum absolute atomic E-state index is 0.217. The maximum absolute atomic E-state index is 10.9. The fourth-order valence-electron chi connectivity index (χ4n) is 2.02. The van der Waals surface area contributed by atoms with Crippen molar-refractivity contribution in [3.8, 4) is 5.75 Å². The molecule has 0 amide bonds. The van der Waals surface area contributed by atoms with Gasteiger partial charge in [-0.05, 0) is 36.6 Å². The maximum Gasteiger partial charge on any atom is 0.294 e. The molecule has 0 atom stereocenters. The standard InChI is InChI=1S/C10H9NO4S.C7H8/c11-7-1-2-9-6(3-7)4-8(5-10(9)12)16(13,14)15;1-7-5-3-2-4-6-7/h1-5,12H,11H2,(H,13,14,15);2-6H,1H3. The zero-order valence-electron chi connectivity index (χ0n) is 12.5. The number of benzene rings is 3. The lowest BCUT2D eigenvalue weighted by molar-refractivity contribution is 0.471. The van der Waals surface area contributed by atoms with Crippen molar-refractivity contribution >= 4 is 26.6 Å². The van der Waals surface area contributed by atoms with Crippen molar-refractivity contribution in [1.82, 2.24) is 0 Å². The van der Waals surface area contributed by atoms with Gasteiger partial charge in [0.1, 0.15) is 5.75 Å². The normalized spacial score (nSPS) is 10.9. The maximum atomic E-state index is 10.9. The molecule has 0 radical (unpaired) electrons. The molecule has 0 aliphatic rings. The molecule has 0 fully saturated rings. The summed E-state index contributed by atoms with van der Waals surface area (Å²) in [5.74, 6) is -0.217. The molecule has 0 aliphatic heterocycles. The van der Waals surface area contributed by atoms with Crippen molar-refractivity contribution in [2.24, 2.45) is 0 Å². The van der Waals surface area contributed by atoms with Gasteiger partial charge in [-0.25, -0.2) is 0 Å². The van der Waals surface area contributed by atoms with Crippen molar-refractivity contribution < 1.29 is 18.1 Å². The molecule has 3 rings (SSSR count). The van der Waals surface area contributed by atoms with E-state index in [-0.39, 0.29) is 10.6 Å². The highest BCUT2D eigenvalue weighted by molar-refractivity contribution is 7.85. The first kappa shape index (κ1) is 16.8. The van der Waals surface area contributed by atoms with E-state index in [1.165, 1.54) is 17.7 Å². The van der Waals surface area contributed by atoms with Crippen molar-refractivity contribution in [3.63, 3.8) is 0 Å². The van der Waals surface area contributed by atoms with Crippen molar-refractivity contribution in [3.05, 3.63) is 66.2 Å². The number of fused-ring (bicyclic) bond motifs is 1. The van der Waals surface area contributed by atoms with Crippen LogP contribution in [0.1, 0.15) is 5.56 Å². The van der Waals surface area contributed by atoms with Crippen LogP contribution >= 0.6 is 0 Å². The van der Waals surface area contributed by atoms with Gasteiger partial charge in [-0.1, -0.05) is 35.9 Å². The molecule has 4 N–H and O–H groups in total. The Bertz CT molecular complexity index is 922. The van der Waals surface area contributed by atoms with E-state index in [9.17, 15) is 13.5 Å². The Morgan fingerprint density at radius 2 is 1.61 bits per heavy atom. The molecule has 0 heterocycles. The Hall–Kier alpha value is -2.57. The van der Waals surface area contributed by atoms with Crippen LogP contribution in [0.25, 0.3) is 10.8 Å². The first-order chi connectivity index (χ1) is 10.8. The molecular weight excluding hydrogens is 314 g/mol. The SMILES string of the molecule is Cc1ccccc1.Nc1ccc2c(O)cc(S(=O)(=O)O)cc2c1. The monoisotopic (exact) mass is 331 g/mol. The zero-order valence-corrected chi connectivity index (χ0v) is 13.3. The lowest BCUT2D eigenvalue weighted by atomic mass is 10.1. The highest BCUT2D eigenvalue weighted by atomic mass is 32.2. The third kappa shape index (κ3) is 4.45. The van der Waals surface area contributed by atoms with Gasteiger partial charge in [0.25, 0.3) is 10.1 Å². The number of phenolic OH excluding ortho intramolecular Hbond substituents is 1. The van der Waals surface area contributed by atoms with Crippen LogP contribution in [0.5, 0.6) is 5.75 Å². The minimum Gasteiger partial charge on any atom is -0.507 e. The summed E-state index contributed by atoms with van der Waals surface area (Å²) in [5.41, 5.74) is 7.31. The Balaban J connectivity index is 0.000000229. The van der Waals surface area contributed by atoms with Crippen LogP contribution in [-0.4, -0.2) is 18.1 Å². The number of aromatic hydroxyl groups is 1. The molecule has 0 spiro atoms. The molecule has 0 saturated heterocycles. The Morgan fingerprint density at radius 3 is 2.13 bits per heavy atom. The van der Waals surface area contributed by atoms with Gasteiger partial charge in [-0.3, -0.25) is 4.55 Å². The Morgan fingerprint density at radius 1 is 0.957 bits per heavy atom. The van der Waals surface area contributed by atoms with Gasteiger partial charge in [0.15, 0.2) is 0 Å². The smallest absolute Gasteiger partial charge is 0.294 e. The summed E-state index contributed by atoms with van der Waals surface area (Å²) in [7, 11) is -4.33. The summed E-state index contributed by atoms with van der Waals surface area (Å²) in [5, 5.41) is 10.5. The number of phenols is 1. The van der Waals surface area contributed by atoms with Crippen LogP contribution in [0.4, 0.5) is 5.69 Å². The average molecular weight is 331 g/mol. The molecule has 0 aromatic heterocycles. The summed E-state index contributed by atoms with van der Waals surface area (Å²) >= 11 is 0. The van der Waals surface area contributed by atoms with Crippen molar-refractivity contribution in [2.45, 2.75) is 11.8 Å². The topological polar surface area (TPSA) is 101 Å². The van der Waals surface area contributed by atoms with Gasteiger partial charge in [-0.2, -0.15) is 8.42 Å². The van der Waals surface area contributed by atoms with E-state index in [1.54, 1.807) is 12.1 Å². The number of anilines is 1. The number of rotatable bonds is 1. The van der Waals surface area contributed by atoms with E-state index in [0.717, 1.165) is 6.07 Å². The molecule has 5 nitrogen and oxygen atoms in total. The van der Waals surface area contributed by atoms with Crippen LogP contribution in [-0.2, 0) is 10.1 Å². The van der Waals surface area contributed by atoms with E-state index in [4.69, 9.17) is 10.3 Å². The summed E-state index contributed by atoms with van der Waals surface area (Å²) in [6.45, 7) is 2.08. The lowest BCUT2D eigenvalue weighted by Gasteiger charge is -2.04. The van der Waals surface area contributed by atoms with Crippen LogP contribution in [0.3, 0.4) is 0 Å². The predicted molar refractivity (Wildman–Crippen MR) is 91.0 cm³/mol. The number of hydrogen-bond donors (Lipinski definition) is 3. The second-order valence-corrected chi connectivity index (χ2v) is 6.47. The lowest BCUT2D eigenvalue weighted by Crippen LogP contribution is -1.97. The molecule has 120 valence electrons. The van der Waals surface area contributed by atoms with Gasteiger partial charge in [-0.15, -0.1) is 0 Å². The van der Waals surface area contributed by atoms with Crippen LogP contribution in [0.2, 0.25) is 0 Å². The van der Waals surface area contributed by atoms with Gasteiger partial charge in [0.2, 0.25) is 0 Å². The largest absolute Gasteiger partial charge is 0.507 e. The molecule has 0 bridgehead atoms. The van der Waals surface area contributed by atoms with Gasteiger partial charge < -0.3 is 10.8 Å². The highest BCUT2D eigenvalue weighted by Gasteiger charge is 2.13. The Kier molecular flexibility index (Phi) is 4.88. The third-order valence-corrected chi connectivity index (χ3v) is 4.00. The van der Waals surface area contributed by atoms with Crippen LogP contribution < -0.4 is 5.73 Å². The molecule has 0 unspecified atom stereocenters. The van der Waals surface area contributed by atoms with Crippen LogP contribution in [0, 0.1) is 6.92 Å². The van der Waals surface area contributed by atoms with Crippen molar-refractivity contribution in [1.29, 1.82) is 0 Å². The molecule has 0 aliphatic carbocycles. The van der Waals surface area contributed by atoms with Crippen LogP contribution in [0.15, 0.2) is 65.6 Å². The van der Waals surface area contributed by atoms with Gasteiger partial charge in [0, 0.05) is 17.1 Å². The summed E-state index contributed by atoms with van der Waals surface area (Å²) in [4.78, 5) is -0.358. The van der Waals surface area contributed by atoms with Crippen molar-refractivity contribution in [2.75, 3.05) is 5.73 Å². The molecule has 0 saturated carbocycles. The van der Waals surface area contributed by atoms with E-state index in [0.29, 0.717) is 16.5 Å². The molecule has 23 heavy (non-hydrogen) atoms. The number of nitrogens with two attached hydrogens (primary N) is 1. The highest BCUT2D eigenvalue weighted by Crippen LogP contribution is 2.29. The zero-order chi connectivity index (χ0) is 17.0. The molecule has 3 aromatic carbocycles.